The highest BCUT2D eigenvalue weighted by atomic mass is 79.9. The zero-order valence-electron chi connectivity index (χ0n) is 16.3. The first-order chi connectivity index (χ1) is 13.9. The molecule has 1 amide bonds. The quantitative estimate of drug-likeness (QED) is 0.581. The van der Waals surface area contributed by atoms with Crippen LogP contribution in [0, 0.1) is 5.82 Å². The minimum absolute atomic E-state index is 0.0658. The maximum Gasteiger partial charge on any atom is 0.225 e. The third kappa shape index (κ3) is 4.59. The molecule has 1 atom stereocenters. The number of amides is 1. The minimum Gasteiger partial charge on any atom is -0.493 e. The number of rotatable bonds is 7. The Morgan fingerprint density at radius 1 is 1.24 bits per heavy atom. The summed E-state index contributed by atoms with van der Waals surface area (Å²) in [5.41, 5.74) is 1.06. The van der Waals surface area contributed by atoms with Gasteiger partial charge in [0.05, 0.1) is 20.6 Å². The lowest BCUT2D eigenvalue weighted by molar-refractivity contribution is -0.121. The fourth-order valence-corrected chi connectivity index (χ4v) is 3.53. The van der Waals surface area contributed by atoms with Crippen molar-refractivity contribution < 1.29 is 18.7 Å². The fraction of sp³-hybridized carbons (Fsp3) is 0.238. The molecule has 0 aliphatic rings. The van der Waals surface area contributed by atoms with E-state index >= 15 is 0 Å². The summed E-state index contributed by atoms with van der Waals surface area (Å²) in [6, 6.07) is 9.10. The predicted molar refractivity (Wildman–Crippen MR) is 111 cm³/mol. The summed E-state index contributed by atoms with van der Waals surface area (Å²) in [5, 5.41) is 2.90. The Kier molecular flexibility index (Phi) is 6.53. The zero-order valence-corrected chi connectivity index (χ0v) is 17.9. The highest BCUT2D eigenvalue weighted by Crippen LogP contribution is 2.33. The van der Waals surface area contributed by atoms with Gasteiger partial charge in [-0.3, -0.25) is 4.79 Å². The van der Waals surface area contributed by atoms with Crippen LogP contribution in [0.2, 0.25) is 0 Å². The molecule has 0 bridgehead atoms. The number of aryl methyl sites for hydroxylation is 1. The SMILES string of the molecule is COc1cc(Br)c(CC(=O)NC(c2ccccc2F)c2nccn2C)cc1OC. The molecule has 0 spiro atoms. The molecule has 0 fully saturated rings. The van der Waals surface area contributed by atoms with Crippen LogP contribution in [0.1, 0.15) is 23.0 Å². The molecule has 8 heteroatoms. The Bertz CT molecular complexity index is 1020. The van der Waals surface area contributed by atoms with E-state index in [1.807, 2.05) is 0 Å². The van der Waals surface area contributed by atoms with E-state index in [2.05, 4.69) is 26.2 Å². The molecule has 152 valence electrons. The van der Waals surface area contributed by atoms with Gasteiger partial charge in [0.2, 0.25) is 5.91 Å². The molecule has 1 unspecified atom stereocenters. The number of nitrogens with zero attached hydrogens (tertiary/aromatic N) is 2. The summed E-state index contributed by atoms with van der Waals surface area (Å²) in [5.74, 6) is 0.922. The number of aromatic nitrogens is 2. The normalized spacial score (nSPS) is 11.8. The standard InChI is InChI=1S/C21H21BrFN3O3/c1-26-9-8-24-21(26)20(14-6-4-5-7-16(14)23)25-19(27)11-13-10-17(28-2)18(29-3)12-15(13)22/h4-10,12,20H,11H2,1-3H3,(H,25,27). The van der Waals surface area contributed by atoms with Gasteiger partial charge in [-0.05, 0) is 23.8 Å². The lowest BCUT2D eigenvalue weighted by Gasteiger charge is -2.20. The van der Waals surface area contributed by atoms with Crippen LogP contribution < -0.4 is 14.8 Å². The van der Waals surface area contributed by atoms with Crippen molar-refractivity contribution >= 4 is 21.8 Å². The van der Waals surface area contributed by atoms with Crippen LogP contribution in [0.5, 0.6) is 11.5 Å². The number of nitrogens with one attached hydrogen (secondary N) is 1. The second-order valence-electron chi connectivity index (χ2n) is 6.39. The monoisotopic (exact) mass is 461 g/mol. The van der Waals surface area contributed by atoms with E-state index in [1.54, 1.807) is 61.5 Å². The largest absolute Gasteiger partial charge is 0.493 e. The van der Waals surface area contributed by atoms with Gasteiger partial charge in [0.25, 0.3) is 0 Å². The number of carbonyl (C=O) groups excluding carboxylic acids is 1. The number of hydrogen-bond acceptors (Lipinski definition) is 4. The van der Waals surface area contributed by atoms with Crippen molar-refractivity contribution in [3.63, 3.8) is 0 Å². The van der Waals surface area contributed by atoms with E-state index in [0.29, 0.717) is 32.9 Å². The molecule has 1 N–H and O–H groups in total. The summed E-state index contributed by atoms with van der Waals surface area (Å²) < 4.78 is 27.5. The molecule has 2 aromatic carbocycles. The van der Waals surface area contributed by atoms with Gasteiger partial charge >= 0.3 is 0 Å². The fourth-order valence-electron chi connectivity index (χ4n) is 3.06. The second kappa shape index (κ2) is 9.09. The van der Waals surface area contributed by atoms with E-state index < -0.39 is 11.9 Å². The van der Waals surface area contributed by atoms with Crippen molar-refractivity contribution in [3.05, 3.63) is 76.0 Å². The summed E-state index contributed by atoms with van der Waals surface area (Å²) in [4.78, 5) is 17.2. The van der Waals surface area contributed by atoms with Crippen molar-refractivity contribution in [2.24, 2.45) is 7.05 Å². The molecule has 6 nitrogen and oxygen atoms in total. The second-order valence-corrected chi connectivity index (χ2v) is 7.25. The Hall–Kier alpha value is -2.87. The Morgan fingerprint density at radius 3 is 2.55 bits per heavy atom. The molecule has 0 saturated carbocycles. The van der Waals surface area contributed by atoms with E-state index in [1.165, 1.54) is 13.2 Å². The maximum absolute atomic E-state index is 14.5. The van der Waals surface area contributed by atoms with Crippen molar-refractivity contribution in [3.8, 4) is 11.5 Å². The molecule has 1 aromatic heterocycles. The number of hydrogen-bond donors (Lipinski definition) is 1. The van der Waals surface area contributed by atoms with E-state index in [-0.39, 0.29) is 12.3 Å². The Morgan fingerprint density at radius 2 is 1.93 bits per heavy atom. The van der Waals surface area contributed by atoms with E-state index in [9.17, 15) is 9.18 Å². The number of methoxy groups -OCH3 is 2. The van der Waals surface area contributed by atoms with Gasteiger partial charge in [-0.2, -0.15) is 0 Å². The van der Waals surface area contributed by atoms with Gasteiger partial charge < -0.3 is 19.4 Å². The molecule has 0 saturated heterocycles. The van der Waals surface area contributed by atoms with Gasteiger partial charge in [-0.1, -0.05) is 34.1 Å². The Labute approximate surface area is 176 Å². The van der Waals surface area contributed by atoms with Crippen LogP contribution >= 0.6 is 15.9 Å². The van der Waals surface area contributed by atoms with Gasteiger partial charge in [0.15, 0.2) is 11.5 Å². The molecule has 3 aromatic rings. The smallest absolute Gasteiger partial charge is 0.225 e. The lowest BCUT2D eigenvalue weighted by atomic mass is 10.0. The molecule has 1 heterocycles. The summed E-state index contributed by atoms with van der Waals surface area (Å²) in [6.45, 7) is 0. The molecular formula is C21H21BrFN3O3. The van der Waals surface area contributed by atoms with Crippen LogP contribution in [-0.2, 0) is 18.3 Å². The topological polar surface area (TPSA) is 65.4 Å². The number of carbonyl (C=O) groups is 1. The summed E-state index contributed by atoms with van der Waals surface area (Å²) >= 11 is 3.46. The van der Waals surface area contributed by atoms with Gasteiger partial charge in [-0.15, -0.1) is 0 Å². The highest BCUT2D eigenvalue weighted by molar-refractivity contribution is 9.10. The molecule has 3 rings (SSSR count). The number of imidazole rings is 1. The van der Waals surface area contributed by atoms with Crippen LogP contribution in [0.15, 0.2) is 53.3 Å². The van der Waals surface area contributed by atoms with Crippen LogP contribution in [-0.4, -0.2) is 29.7 Å². The van der Waals surface area contributed by atoms with Gasteiger partial charge in [0, 0.05) is 29.5 Å². The van der Waals surface area contributed by atoms with Crippen LogP contribution in [0.4, 0.5) is 4.39 Å². The molecule has 29 heavy (non-hydrogen) atoms. The molecular weight excluding hydrogens is 441 g/mol. The van der Waals surface area contributed by atoms with Gasteiger partial charge in [0.1, 0.15) is 17.7 Å². The lowest BCUT2D eigenvalue weighted by Crippen LogP contribution is -2.32. The first-order valence-corrected chi connectivity index (χ1v) is 9.65. The third-order valence-corrected chi connectivity index (χ3v) is 5.28. The minimum atomic E-state index is -0.720. The third-order valence-electron chi connectivity index (χ3n) is 4.54. The van der Waals surface area contributed by atoms with Crippen molar-refractivity contribution in [2.75, 3.05) is 14.2 Å². The van der Waals surface area contributed by atoms with Crippen molar-refractivity contribution in [1.82, 2.24) is 14.9 Å². The Balaban J connectivity index is 1.89. The van der Waals surface area contributed by atoms with Gasteiger partial charge in [-0.25, -0.2) is 9.37 Å². The van der Waals surface area contributed by atoms with E-state index in [0.717, 1.165) is 0 Å². The molecule has 0 aliphatic carbocycles. The zero-order chi connectivity index (χ0) is 21.0. The number of ether oxygens (including phenoxy) is 2. The first-order valence-electron chi connectivity index (χ1n) is 8.86. The first kappa shape index (κ1) is 20.9. The average molecular weight is 462 g/mol. The highest BCUT2D eigenvalue weighted by Gasteiger charge is 2.24. The maximum atomic E-state index is 14.5. The summed E-state index contributed by atoms with van der Waals surface area (Å²) in [6.07, 6.45) is 3.43. The van der Waals surface area contributed by atoms with Crippen LogP contribution in [0.3, 0.4) is 0 Å². The molecule has 0 radical (unpaired) electrons. The average Bonchev–Trinajstić information content (AvgIpc) is 3.13. The predicted octanol–water partition coefficient (Wildman–Crippen LogP) is 3.79. The molecule has 0 aliphatic heterocycles. The van der Waals surface area contributed by atoms with E-state index in [4.69, 9.17) is 9.47 Å². The van der Waals surface area contributed by atoms with Crippen LogP contribution in [0.25, 0.3) is 0 Å². The number of halogens is 2. The summed E-state index contributed by atoms with van der Waals surface area (Å²) in [7, 11) is 4.88. The van der Waals surface area contributed by atoms with Crippen molar-refractivity contribution in [2.45, 2.75) is 12.5 Å². The van der Waals surface area contributed by atoms with Crippen molar-refractivity contribution in [1.29, 1.82) is 0 Å². The number of benzene rings is 2.